The molecule has 0 unspecified atom stereocenters. The van der Waals surface area contributed by atoms with E-state index in [1.54, 1.807) is 37.3 Å². The van der Waals surface area contributed by atoms with Crippen molar-refractivity contribution >= 4 is 17.5 Å². The fourth-order valence-corrected chi connectivity index (χ4v) is 3.22. The lowest BCUT2D eigenvalue weighted by Gasteiger charge is -2.25. The van der Waals surface area contributed by atoms with Crippen molar-refractivity contribution < 1.29 is 19.1 Å². The SMILES string of the molecule is COc1ccc(N(CCC(=O)NC2CCCCC2)C(C)=O)cc1OC. The van der Waals surface area contributed by atoms with Crippen molar-refractivity contribution in [2.24, 2.45) is 0 Å². The minimum atomic E-state index is -0.113. The molecule has 1 fully saturated rings. The van der Waals surface area contributed by atoms with Gasteiger partial charge >= 0.3 is 0 Å². The zero-order chi connectivity index (χ0) is 18.2. The maximum absolute atomic E-state index is 12.2. The summed E-state index contributed by atoms with van der Waals surface area (Å²) in [6, 6.07) is 5.58. The predicted octanol–water partition coefficient (Wildman–Crippen LogP) is 2.90. The van der Waals surface area contributed by atoms with Crippen molar-refractivity contribution in [3.8, 4) is 11.5 Å². The molecule has 2 amide bonds. The van der Waals surface area contributed by atoms with Gasteiger partial charge < -0.3 is 19.7 Å². The molecule has 1 aromatic carbocycles. The normalized spacial score (nSPS) is 14.7. The summed E-state index contributed by atoms with van der Waals surface area (Å²) in [6.07, 6.45) is 6.00. The third-order valence-corrected chi connectivity index (χ3v) is 4.59. The minimum Gasteiger partial charge on any atom is -0.493 e. The molecule has 1 aliphatic carbocycles. The molecule has 138 valence electrons. The third-order valence-electron chi connectivity index (χ3n) is 4.59. The molecule has 0 atom stereocenters. The van der Waals surface area contributed by atoms with E-state index in [9.17, 15) is 9.59 Å². The molecule has 1 saturated carbocycles. The Hall–Kier alpha value is -2.24. The third kappa shape index (κ3) is 5.37. The van der Waals surface area contributed by atoms with E-state index in [2.05, 4.69) is 5.32 Å². The van der Waals surface area contributed by atoms with Crippen molar-refractivity contribution in [3.63, 3.8) is 0 Å². The van der Waals surface area contributed by atoms with Crippen LogP contribution in [-0.4, -0.2) is 38.6 Å². The van der Waals surface area contributed by atoms with Gasteiger partial charge in [0, 0.05) is 37.7 Å². The lowest BCUT2D eigenvalue weighted by atomic mass is 9.95. The smallest absolute Gasteiger partial charge is 0.223 e. The Morgan fingerprint density at radius 2 is 1.80 bits per heavy atom. The van der Waals surface area contributed by atoms with E-state index < -0.39 is 0 Å². The summed E-state index contributed by atoms with van der Waals surface area (Å²) in [4.78, 5) is 25.8. The molecule has 0 aliphatic heterocycles. The zero-order valence-electron chi connectivity index (χ0n) is 15.3. The predicted molar refractivity (Wildman–Crippen MR) is 97.2 cm³/mol. The van der Waals surface area contributed by atoms with Gasteiger partial charge in [-0.05, 0) is 25.0 Å². The molecule has 6 heteroatoms. The van der Waals surface area contributed by atoms with E-state index in [0.29, 0.717) is 23.7 Å². The second kappa shape index (κ2) is 9.30. The van der Waals surface area contributed by atoms with Gasteiger partial charge in [0.2, 0.25) is 11.8 Å². The number of carbonyl (C=O) groups is 2. The maximum Gasteiger partial charge on any atom is 0.223 e. The van der Waals surface area contributed by atoms with Gasteiger partial charge in [-0.1, -0.05) is 19.3 Å². The largest absolute Gasteiger partial charge is 0.493 e. The second-order valence-electron chi connectivity index (χ2n) is 6.36. The molecule has 25 heavy (non-hydrogen) atoms. The summed E-state index contributed by atoms with van der Waals surface area (Å²) < 4.78 is 10.5. The lowest BCUT2D eigenvalue weighted by Crippen LogP contribution is -2.39. The first-order valence-electron chi connectivity index (χ1n) is 8.84. The number of hydrogen-bond acceptors (Lipinski definition) is 4. The van der Waals surface area contributed by atoms with Crippen molar-refractivity contribution in [2.45, 2.75) is 51.5 Å². The Morgan fingerprint density at radius 1 is 1.12 bits per heavy atom. The summed E-state index contributed by atoms with van der Waals surface area (Å²) in [5.41, 5.74) is 0.690. The molecule has 0 radical (unpaired) electrons. The molecular weight excluding hydrogens is 320 g/mol. The summed E-state index contributed by atoms with van der Waals surface area (Å²) in [5, 5.41) is 3.08. The average molecular weight is 348 g/mol. The Kier molecular flexibility index (Phi) is 7.10. The quantitative estimate of drug-likeness (QED) is 0.823. The van der Waals surface area contributed by atoms with Crippen LogP contribution in [0.1, 0.15) is 45.4 Å². The number of anilines is 1. The number of nitrogens with one attached hydrogen (secondary N) is 1. The number of amides is 2. The number of rotatable bonds is 7. The van der Waals surface area contributed by atoms with Crippen LogP contribution in [0.15, 0.2) is 18.2 Å². The zero-order valence-corrected chi connectivity index (χ0v) is 15.3. The van der Waals surface area contributed by atoms with Crippen LogP contribution in [0.5, 0.6) is 11.5 Å². The van der Waals surface area contributed by atoms with Crippen LogP contribution in [0.4, 0.5) is 5.69 Å². The second-order valence-corrected chi connectivity index (χ2v) is 6.36. The molecular formula is C19H28N2O4. The Bertz CT molecular complexity index is 597. The standard InChI is InChI=1S/C19H28N2O4/c1-14(22)21(16-9-10-17(24-2)18(13-16)25-3)12-11-19(23)20-15-7-5-4-6-8-15/h9-10,13,15H,4-8,11-12H2,1-3H3,(H,20,23). The summed E-state index contributed by atoms with van der Waals surface area (Å²) in [5.74, 6) is 1.04. The van der Waals surface area contributed by atoms with Crippen LogP contribution < -0.4 is 19.7 Å². The summed E-state index contributed by atoms with van der Waals surface area (Å²) in [6.45, 7) is 1.83. The average Bonchev–Trinajstić information content (AvgIpc) is 2.62. The van der Waals surface area contributed by atoms with E-state index in [0.717, 1.165) is 12.8 Å². The first kappa shape index (κ1) is 19.1. The Morgan fingerprint density at radius 3 is 2.40 bits per heavy atom. The molecule has 0 saturated heterocycles. The summed E-state index contributed by atoms with van der Waals surface area (Å²) >= 11 is 0. The highest BCUT2D eigenvalue weighted by molar-refractivity contribution is 5.92. The van der Waals surface area contributed by atoms with Gasteiger partial charge in [0.1, 0.15) is 0 Å². The molecule has 0 bridgehead atoms. The molecule has 0 aromatic heterocycles. The first-order valence-corrected chi connectivity index (χ1v) is 8.84. The van der Waals surface area contributed by atoms with Crippen LogP contribution in [-0.2, 0) is 9.59 Å². The Balaban J connectivity index is 1.98. The highest BCUT2D eigenvalue weighted by Gasteiger charge is 2.18. The van der Waals surface area contributed by atoms with E-state index in [4.69, 9.17) is 9.47 Å². The van der Waals surface area contributed by atoms with Crippen molar-refractivity contribution in [2.75, 3.05) is 25.7 Å². The number of hydrogen-bond donors (Lipinski definition) is 1. The first-order chi connectivity index (χ1) is 12.0. The van der Waals surface area contributed by atoms with Gasteiger partial charge in [0.15, 0.2) is 11.5 Å². The van der Waals surface area contributed by atoms with Gasteiger partial charge in [-0.25, -0.2) is 0 Å². The van der Waals surface area contributed by atoms with Crippen LogP contribution >= 0.6 is 0 Å². The van der Waals surface area contributed by atoms with Gasteiger partial charge in [-0.2, -0.15) is 0 Å². The van der Waals surface area contributed by atoms with Gasteiger partial charge in [0.05, 0.1) is 14.2 Å². The van der Waals surface area contributed by atoms with Crippen LogP contribution in [0.2, 0.25) is 0 Å². The number of nitrogens with zero attached hydrogens (tertiary/aromatic N) is 1. The van der Waals surface area contributed by atoms with Crippen LogP contribution in [0, 0.1) is 0 Å². The van der Waals surface area contributed by atoms with E-state index in [1.807, 2.05) is 0 Å². The van der Waals surface area contributed by atoms with Gasteiger partial charge in [-0.3, -0.25) is 9.59 Å². The van der Waals surface area contributed by atoms with Crippen molar-refractivity contribution in [3.05, 3.63) is 18.2 Å². The maximum atomic E-state index is 12.2. The van der Waals surface area contributed by atoms with Gasteiger partial charge in [0.25, 0.3) is 0 Å². The van der Waals surface area contributed by atoms with E-state index in [1.165, 1.54) is 26.2 Å². The van der Waals surface area contributed by atoms with Crippen molar-refractivity contribution in [1.82, 2.24) is 5.32 Å². The number of methoxy groups -OCH3 is 2. The Labute approximate surface area is 149 Å². The number of ether oxygens (including phenoxy) is 2. The number of benzene rings is 1. The number of carbonyl (C=O) groups excluding carboxylic acids is 2. The molecule has 1 N–H and O–H groups in total. The minimum absolute atomic E-state index is 0.00127. The lowest BCUT2D eigenvalue weighted by molar-refractivity contribution is -0.121. The highest BCUT2D eigenvalue weighted by Crippen LogP contribution is 2.31. The monoisotopic (exact) mass is 348 g/mol. The van der Waals surface area contributed by atoms with Gasteiger partial charge in [-0.15, -0.1) is 0 Å². The molecule has 0 spiro atoms. The van der Waals surface area contributed by atoms with Crippen LogP contribution in [0.3, 0.4) is 0 Å². The van der Waals surface area contributed by atoms with E-state index in [-0.39, 0.29) is 24.3 Å². The van der Waals surface area contributed by atoms with Crippen LogP contribution in [0.25, 0.3) is 0 Å². The molecule has 2 rings (SSSR count). The topological polar surface area (TPSA) is 67.9 Å². The molecule has 1 aromatic rings. The molecule has 1 aliphatic rings. The van der Waals surface area contributed by atoms with Crippen molar-refractivity contribution in [1.29, 1.82) is 0 Å². The summed E-state index contributed by atoms with van der Waals surface area (Å²) in [7, 11) is 3.12. The van der Waals surface area contributed by atoms with E-state index >= 15 is 0 Å². The molecule has 6 nitrogen and oxygen atoms in total. The fraction of sp³-hybridized carbons (Fsp3) is 0.579. The molecule has 0 heterocycles. The fourth-order valence-electron chi connectivity index (χ4n) is 3.22. The highest BCUT2D eigenvalue weighted by atomic mass is 16.5.